The van der Waals surface area contributed by atoms with Gasteiger partial charge in [0.05, 0.1) is 5.52 Å². The molecule has 1 aromatic carbocycles. The Kier molecular flexibility index (Phi) is 4.39. The summed E-state index contributed by atoms with van der Waals surface area (Å²) in [5.41, 5.74) is 5.09. The van der Waals surface area contributed by atoms with Crippen molar-refractivity contribution in [2.75, 3.05) is 13.1 Å². The number of rotatable bonds is 3. The second kappa shape index (κ2) is 6.71. The lowest BCUT2D eigenvalue weighted by Crippen LogP contribution is -2.38. The largest absolute Gasteiger partial charge is 0.343 e. The molecule has 0 radical (unpaired) electrons. The molecule has 0 saturated carbocycles. The normalized spacial score (nSPS) is 15.9. The number of hydrogen-bond acceptors (Lipinski definition) is 3. The van der Waals surface area contributed by atoms with E-state index in [9.17, 15) is 4.79 Å². The number of likely N-dealkylation sites (tertiary alicyclic amines) is 1. The molecule has 1 amide bonds. The van der Waals surface area contributed by atoms with Crippen LogP contribution < -0.4 is 0 Å². The minimum atomic E-state index is 0.265. The number of hydrogen-bond donors (Lipinski definition) is 0. The van der Waals surface area contributed by atoms with Crippen molar-refractivity contribution >= 4 is 22.5 Å². The highest BCUT2D eigenvalue weighted by Gasteiger charge is 2.21. The number of amides is 1. The fraction of sp³-hybridized carbons (Fsp3) is 0.476. The molecule has 1 saturated heterocycles. The number of aryl methyl sites for hydroxylation is 2. The third kappa shape index (κ3) is 2.96. The van der Waals surface area contributed by atoms with Gasteiger partial charge in [-0.2, -0.15) is 5.10 Å². The second-order valence-electron chi connectivity index (χ2n) is 7.58. The first-order chi connectivity index (χ1) is 12.5. The zero-order valence-electron chi connectivity index (χ0n) is 15.8. The summed E-state index contributed by atoms with van der Waals surface area (Å²) < 4.78 is 1.93. The lowest BCUT2D eigenvalue weighted by Gasteiger charge is -2.30. The maximum Gasteiger partial charge on any atom is 0.222 e. The van der Waals surface area contributed by atoms with Crippen LogP contribution in [0.4, 0.5) is 0 Å². The minimum absolute atomic E-state index is 0.265. The zero-order valence-corrected chi connectivity index (χ0v) is 15.8. The molecule has 5 heteroatoms. The molecule has 4 rings (SSSR count). The molecule has 2 aromatic heterocycles. The summed E-state index contributed by atoms with van der Waals surface area (Å²) in [7, 11) is 0. The van der Waals surface area contributed by atoms with Gasteiger partial charge in [-0.05, 0) is 56.7 Å². The first-order valence-electron chi connectivity index (χ1n) is 9.56. The topological polar surface area (TPSA) is 50.5 Å². The number of fused-ring (bicyclic) bond motifs is 3. The van der Waals surface area contributed by atoms with Crippen LogP contribution in [0.25, 0.3) is 16.6 Å². The Morgan fingerprint density at radius 1 is 1.19 bits per heavy atom. The Labute approximate surface area is 154 Å². The van der Waals surface area contributed by atoms with Crippen molar-refractivity contribution in [1.29, 1.82) is 0 Å². The van der Waals surface area contributed by atoms with E-state index in [1.165, 1.54) is 0 Å². The van der Waals surface area contributed by atoms with E-state index in [4.69, 9.17) is 10.1 Å². The van der Waals surface area contributed by atoms with Crippen LogP contribution in [0.3, 0.4) is 0 Å². The molecule has 1 aliphatic heterocycles. The molecule has 1 aliphatic rings. The molecule has 0 bridgehead atoms. The third-order valence-corrected chi connectivity index (χ3v) is 5.74. The van der Waals surface area contributed by atoms with E-state index in [-0.39, 0.29) is 5.91 Å². The van der Waals surface area contributed by atoms with E-state index in [0.717, 1.165) is 71.8 Å². The summed E-state index contributed by atoms with van der Waals surface area (Å²) in [4.78, 5) is 19.4. The van der Waals surface area contributed by atoms with E-state index in [1.54, 1.807) is 0 Å². The van der Waals surface area contributed by atoms with Crippen LogP contribution in [-0.4, -0.2) is 38.5 Å². The number of carbonyl (C=O) groups is 1. The van der Waals surface area contributed by atoms with E-state index in [2.05, 4.69) is 19.9 Å². The van der Waals surface area contributed by atoms with Gasteiger partial charge in [-0.25, -0.2) is 9.50 Å². The van der Waals surface area contributed by atoms with Crippen molar-refractivity contribution in [1.82, 2.24) is 19.5 Å². The predicted molar refractivity (Wildman–Crippen MR) is 103 cm³/mol. The monoisotopic (exact) mass is 350 g/mol. The average Bonchev–Trinajstić information content (AvgIpc) is 3.01. The Hall–Kier alpha value is -2.43. The molecular weight excluding hydrogens is 324 g/mol. The molecule has 5 nitrogen and oxygen atoms in total. The first-order valence-corrected chi connectivity index (χ1v) is 9.56. The van der Waals surface area contributed by atoms with Gasteiger partial charge in [0, 0.05) is 36.3 Å². The SMILES string of the molecule is Cc1nc2c3ccccc3nn2c(C)c1CCC(=O)N1CCC(C)CC1. The molecule has 3 aromatic rings. The van der Waals surface area contributed by atoms with E-state index >= 15 is 0 Å². The lowest BCUT2D eigenvalue weighted by molar-refractivity contribution is -0.132. The van der Waals surface area contributed by atoms with E-state index < -0.39 is 0 Å². The van der Waals surface area contributed by atoms with Gasteiger partial charge in [-0.15, -0.1) is 0 Å². The van der Waals surface area contributed by atoms with Gasteiger partial charge in [-0.3, -0.25) is 4.79 Å². The van der Waals surface area contributed by atoms with Crippen LogP contribution in [0.5, 0.6) is 0 Å². The Morgan fingerprint density at radius 2 is 1.92 bits per heavy atom. The molecule has 0 atom stereocenters. The number of piperidine rings is 1. The molecule has 1 fully saturated rings. The van der Waals surface area contributed by atoms with Crippen molar-refractivity contribution in [2.24, 2.45) is 5.92 Å². The molecule has 0 N–H and O–H groups in total. The van der Waals surface area contributed by atoms with E-state index in [1.807, 2.05) is 34.5 Å². The van der Waals surface area contributed by atoms with Crippen LogP contribution in [0.2, 0.25) is 0 Å². The van der Waals surface area contributed by atoms with Gasteiger partial charge >= 0.3 is 0 Å². The molecule has 0 unspecified atom stereocenters. The van der Waals surface area contributed by atoms with Crippen LogP contribution >= 0.6 is 0 Å². The zero-order chi connectivity index (χ0) is 18.3. The first kappa shape index (κ1) is 17.0. The third-order valence-electron chi connectivity index (χ3n) is 5.74. The Bertz CT molecular complexity index is 967. The smallest absolute Gasteiger partial charge is 0.222 e. The number of nitrogens with zero attached hydrogens (tertiary/aromatic N) is 4. The lowest BCUT2D eigenvalue weighted by atomic mass is 9.98. The summed E-state index contributed by atoms with van der Waals surface area (Å²) in [6.45, 7) is 8.19. The maximum atomic E-state index is 12.6. The fourth-order valence-corrected chi connectivity index (χ4v) is 3.99. The summed E-state index contributed by atoms with van der Waals surface area (Å²) in [5.74, 6) is 1.01. The van der Waals surface area contributed by atoms with Crippen LogP contribution in [0, 0.1) is 19.8 Å². The molecule has 136 valence electrons. The molecule has 3 heterocycles. The maximum absolute atomic E-state index is 12.6. The van der Waals surface area contributed by atoms with Gasteiger partial charge in [0.1, 0.15) is 0 Å². The number of carbonyl (C=O) groups excluding carboxylic acids is 1. The average molecular weight is 350 g/mol. The molecule has 26 heavy (non-hydrogen) atoms. The molecule has 0 spiro atoms. The Balaban J connectivity index is 1.58. The van der Waals surface area contributed by atoms with E-state index in [0.29, 0.717) is 6.42 Å². The molecular formula is C21H26N4O. The van der Waals surface area contributed by atoms with Gasteiger partial charge < -0.3 is 4.90 Å². The van der Waals surface area contributed by atoms with Gasteiger partial charge in [-0.1, -0.05) is 19.1 Å². The van der Waals surface area contributed by atoms with Crippen LogP contribution in [-0.2, 0) is 11.2 Å². The van der Waals surface area contributed by atoms with Crippen molar-refractivity contribution in [3.8, 4) is 0 Å². The summed E-state index contributed by atoms with van der Waals surface area (Å²) >= 11 is 0. The summed E-state index contributed by atoms with van der Waals surface area (Å²) in [6, 6.07) is 8.09. The van der Waals surface area contributed by atoms with Gasteiger partial charge in [0.2, 0.25) is 5.91 Å². The van der Waals surface area contributed by atoms with Crippen LogP contribution in [0.1, 0.15) is 43.1 Å². The van der Waals surface area contributed by atoms with Gasteiger partial charge in [0.15, 0.2) is 5.65 Å². The highest BCUT2D eigenvalue weighted by atomic mass is 16.2. The van der Waals surface area contributed by atoms with Crippen molar-refractivity contribution in [2.45, 2.75) is 46.5 Å². The fourth-order valence-electron chi connectivity index (χ4n) is 3.99. The second-order valence-corrected chi connectivity index (χ2v) is 7.58. The standard InChI is InChI=1S/C21H26N4O/c1-14-10-12-24(13-11-14)20(26)9-8-17-15(2)22-21-18-6-4-5-7-19(18)23-25(21)16(17)3/h4-7,14H,8-13H2,1-3H3. The van der Waals surface area contributed by atoms with Crippen molar-refractivity contribution in [3.05, 3.63) is 41.2 Å². The number of aromatic nitrogens is 3. The highest BCUT2D eigenvalue weighted by Crippen LogP contribution is 2.23. The van der Waals surface area contributed by atoms with Crippen molar-refractivity contribution in [3.63, 3.8) is 0 Å². The number of benzene rings is 1. The molecule has 0 aliphatic carbocycles. The van der Waals surface area contributed by atoms with Crippen molar-refractivity contribution < 1.29 is 4.79 Å². The minimum Gasteiger partial charge on any atom is -0.343 e. The summed E-state index contributed by atoms with van der Waals surface area (Å²) in [5, 5.41) is 5.77. The summed E-state index contributed by atoms with van der Waals surface area (Å²) in [6.07, 6.45) is 3.51. The predicted octanol–water partition coefficient (Wildman–Crippen LogP) is 3.69. The quantitative estimate of drug-likeness (QED) is 0.724. The highest BCUT2D eigenvalue weighted by molar-refractivity contribution is 5.92. The Morgan fingerprint density at radius 3 is 2.69 bits per heavy atom. The van der Waals surface area contributed by atoms with Crippen LogP contribution in [0.15, 0.2) is 24.3 Å². The van der Waals surface area contributed by atoms with Gasteiger partial charge in [0.25, 0.3) is 0 Å².